The summed E-state index contributed by atoms with van der Waals surface area (Å²) in [5.74, 6) is 0.892. The quantitative estimate of drug-likeness (QED) is 0.623. The lowest BCUT2D eigenvalue weighted by atomic mass is 10.2. The molecule has 1 heterocycles. The number of aromatic amines is 1. The average Bonchev–Trinajstić information content (AvgIpc) is 2.82. The van der Waals surface area contributed by atoms with Crippen molar-refractivity contribution in [3.8, 4) is 0 Å². The molecule has 0 unspecified atom stereocenters. The number of anilines is 1. The fourth-order valence-electron chi connectivity index (χ4n) is 2.17. The zero-order valence-electron chi connectivity index (χ0n) is 11.2. The summed E-state index contributed by atoms with van der Waals surface area (Å²) in [7, 11) is 0. The van der Waals surface area contributed by atoms with Crippen LogP contribution in [0.5, 0.6) is 0 Å². The van der Waals surface area contributed by atoms with Crippen molar-refractivity contribution in [3.05, 3.63) is 56.8 Å². The number of aryl methyl sites for hydroxylation is 1. The van der Waals surface area contributed by atoms with Crippen LogP contribution in [0.1, 0.15) is 11.4 Å². The molecule has 0 radical (unpaired) electrons. The second-order valence-corrected chi connectivity index (χ2v) is 5.92. The Balaban J connectivity index is 1.85. The van der Waals surface area contributed by atoms with E-state index in [0.29, 0.717) is 21.6 Å². The lowest BCUT2D eigenvalue weighted by molar-refractivity contribution is 1.15. The van der Waals surface area contributed by atoms with E-state index in [1.165, 1.54) is 0 Å². The third-order valence-electron chi connectivity index (χ3n) is 3.21. The van der Waals surface area contributed by atoms with E-state index in [-0.39, 0.29) is 0 Å². The minimum absolute atomic E-state index is 0.482. The third kappa shape index (κ3) is 2.95. The summed E-state index contributed by atoms with van der Waals surface area (Å²) in [4.78, 5) is 7.57. The summed E-state index contributed by atoms with van der Waals surface area (Å²) < 4.78 is 0. The Hall–Kier alpha value is -1.42. The summed E-state index contributed by atoms with van der Waals surface area (Å²) in [5, 5.41) is 4.87. The molecule has 3 aromatic rings. The van der Waals surface area contributed by atoms with Gasteiger partial charge in [-0.25, -0.2) is 4.98 Å². The van der Waals surface area contributed by atoms with Gasteiger partial charge >= 0.3 is 0 Å². The van der Waals surface area contributed by atoms with Crippen molar-refractivity contribution < 1.29 is 0 Å². The van der Waals surface area contributed by atoms with Crippen LogP contribution in [0.25, 0.3) is 11.0 Å². The highest BCUT2D eigenvalue weighted by Crippen LogP contribution is 2.32. The van der Waals surface area contributed by atoms with Crippen LogP contribution in [0.2, 0.25) is 15.1 Å². The van der Waals surface area contributed by atoms with Gasteiger partial charge in [-0.2, -0.15) is 0 Å². The first-order valence-electron chi connectivity index (χ1n) is 6.37. The number of H-pyrrole nitrogens is 1. The van der Waals surface area contributed by atoms with Crippen molar-refractivity contribution in [2.45, 2.75) is 13.5 Å². The summed E-state index contributed by atoms with van der Waals surface area (Å²) in [5.41, 5.74) is 3.67. The molecular formula is C15H12Cl3N3. The van der Waals surface area contributed by atoms with Crippen molar-refractivity contribution in [1.82, 2.24) is 9.97 Å². The standard InChI is InChI=1S/C15H12Cl3N3/c1-8-20-13-5-2-9(6-14(13)21-8)19-7-10-11(16)3-4-12(17)15(10)18/h2-6,19H,7H2,1H3,(H,20,21). The second kappa shape index (κ2) is 5.76. The van der Waals surface area contributed by atoms with Crippen molar-refractivity contribution in [2.24, 2.45) is 0 Å². The van der Waals surface area contributed by atoms with E-state index in [2.05, 4.69) is 15.3 Å². The average molecular weight is 341 g/mol. The molecule has 0 bridgehead atoms. The Morgan fingerprint density at radius 3 is 2.67 bits per heavy atom. The highest BCUT2D eigenvalue weighted by atomic mass is 35.5. The highest BCUT2D eigenvalue weighted by molar-refractivity contribution is 6.44. The number of rotatable bonds is 3. The molecular weight excluding hydrogens is 329 g/mol. The topological polar surface area (TPSA) is 40.7 Å². The summed E-state index contributed by atoms with van der Waals surface area (Å²) in [6, 6.07) is 9.36. The van der Waals surface area contributed by atoms with Crippen LogP contribution in [0.4, 0.5) is 5.69 Å². The van der Waals surface area contributed by atoms with Crippen molar-refractivity contribution in [1.29, 1.82) is 0 Å². The SMILES string of the molecule is Cc1nc2ccc(NCc3c(Cl)ccc(Cl)c3Cl)cc2[nH]1. The molecule has 0 amide bonds. The number of halogens is 3. The Morgan fingerprint density at radius 2 is 1.86 bits per heavy atom. The lowest BCUT2D eigenvalue weighted by Crippen LogP contribution is -2.01. The Labute approximate surface area is 137 Å². The number of imidazole rings is 1. The minimum atomic E-state index is 0.482. The van der Waals surface area contributed by atoms with E-state index in [1.807, 2.05) is 25.1 Å². The largest absolute Gasteiger partial charge is 0.381 e. The zero-order chi connectivity index (χ0) is 15.0. The van der Waals surface area contributed by atoms with Crippen molar-refractivity contribution in [3.63, 3.8) is 0 Å². The maximum atomic E-state index is 6.19. The molecule has 0 atom stereocenters. The molecule has 1 aromatic heterocycles. The molecule has 0 aliphatic heterocycles. The van der Waals surface area contributed by atoms with Gasteiger partial charge in [0.2, 0.25) is 0 Å². The summed E-state index contributed by atoms with van der Waals surface area (Å²) in [6.07, 6.45) is 0. The molecule has 3 nitrogen and oxygen atoms in total. The van der Waals surface area contributed by atoms with Crippen LogP contribution >= 0.6 is 34.8 Å². The van der Waals surface area contributed by atoms with E-state index in [9.17, 15) is 0 Å². The molecule has 0 aliphatic carbocycles. The predicted molar refractivity (Wildman–Crippen MR) is 89.6 cm³/mol. The normalized spacial score (nSPS) is 11.0. The van der Waals surface area contributed by atoms with Gasteiger partial charge < -0.3 is 10.3 Å². The molecule has 0 aliphatic rings. The van der Waals surface area contributed by atoms with E-state index in [4.69, 9.17) is 34.8 Å². The Morgan fingerprint density at radius 1 is 1.10 bits per heavy atom. The van der Waals surface area contributed by atoms with E-state index in [1.54, 1.807) is 12.1 Å². The molecule has 21 heavy (non-hydrogen) atoms. The second-order valence-electron chi connectivity index (χ2n) is 4.73. The first kappa shape index (κ1) is 14.5. The summed E-state index contributed by atoms with van der Waals surface area (Å²) >= 11 is 18.4. The monoisotopic (exact) mass is 339 g/mol. The fraction of sp³-hybridized carbons (Fsp3) is 0.133. The van der Waals surface area contributed by atoms with Crippen LogP contribution in [0, 0.1) is 6.92 Å². The summed E-state index contributed by atoms with van der Waals surface area (Å²) in [6.45, 7) is 2.43. The number of aromatic nitrogens is 2. The van der Waals surface area contributed by atoms with E-state index >= 15 is 0 Å². The molecule has 6 heteroatoms. The molecule has 0 fully saturated rings. The van der Waals surface area contributed by atoms with Gasteiger partial charge in [-0.1, -0.05) is 34.8 Å². The van der Waals surface area contributed by atoms with Crippen molar-refractivity contribution >= 4 is 51.5 Å². The zero-order valence-corrected chi connectivity index (χ0v) is 13.4. The van der Waals surface area contributed by atoms with Crippen LogP contribution < -0.4 is 5.32 Å². The van der Waals surface area contributed by atoms with Gasteiger partial charge in [0.15, 0.2) is 0 Å². The third-order valence-corrected chi connectivity index (χ3v) is 4.41. The number of nitrogens with zero attached hydrogens (tertiary/aromatic N) is 1. The number of hydrogen-bond acceptors (Lipinski definition) is 2. The smallest absolute Gasteiger partial charge is 0.104 e. The van der Waals surface area contributed by atoms with Crippen LogP contribution in [-0.4, -0.2) is 9.97 Å². The first-order chi connectivity index (χ1) is 10.0. The molecule has 3 rings (SSSR count). The number of hydrogen-bond donors (Lipinski definition) is 2. The molecule has 2 aromatic carbocycles. The van der Waals surface area contributed by atoms with Gasteiger partial charge in [-0.3, -0.25) is 0 Å². The highest BCUT2D eigenvalue weighted by Gasteiger charge is 2.09. The van der Waals surface area contributed by atoms with Gasteiger partial charge in [0, 0.05) is 22.8 Å². The van der Waals surface area contributed by atoms with Gasteiger partial charge in [0.25, 0.3) is 0 Å². The maximum absolute atomic E-state index is 6.19. The predicted octanol–water partition coefficient (Wildman–Crippen LogP) is 5.44. The van der Waals surface area contributed by atoms with Gasteiger partial charge in [0.1, 0.15) is 5.82 Å². The van der Waals surface area contributed by atoms with Crippen molar-refractivity contribution in [2.75, 3.05) is 5.32 Å². The maximum Gasteiger partial charge on any atom is 0.104 e. The molecule has 0 saturated heterocycles. The van der Waals surface area contributed by atoms with E-state index in [0.717, 1.165) is 28.1 Å². The van der Waals surface area contributed by atoms with Gasteiger partial charge in [0.05, 0.1) is 21.1 Å². The Kier molecular flexibility index (Phi) is 3.98. The van der Waals surface area contributed by atoms with E-state index < -0.39 is 0 Å². The molecule has 108 valence electrons. The van der Waals surface area contributed by atoms with Gasteiger partial charge in [-0.15, -0.1) is 0 Å². The minimum Gasteiger partial charge on any atom is -0.381 e. The lowest BCUT2D eigenvalue weighted by Gasteiger charge is -2.11. The number of nitrogens with one attached hydrogen (secondary N) is 2. The number of fused-ring (bicyclic) bond motifs is 1. The van der Waals surface area contributed by atoms with Crippen LogP contribution in [0.15, 0.2) is 30.3 Å². The van der Waals surface area contributed by atoms with Crippen LogP contribution in [0.3, 0.4) is 0 Å². The van der Waals surface area contributed by atoms with Gasteiger partial charge in [-0.05, 0) is 37.3 Å². The molecule has 0 saturated carbocycles. The molecule has 0 spiro atoms. The Bertz CT molecular complexity index is 811. The first-order valence-corrected chi connectivity index (χ1v) is 7.50. The molecule has 2 N–H and O–H groups in total. The fourth-order valence-corrected chi connectivity index (χ4v) is 2.85. The van der Waals surface area contributed by atoms with Crippen LogP contribution in [-0.2, 0) is 6.54 Å². The number of benzene rings is 2.